The van der Waals surface area contributed by atoms with E-state index in [1.165, 1.54) is 10.9 Å². The molecule has 2 nitrogen and oxygen atoms in total. The molecule has 1 N–H and O–H groups in total. The maximum atomic E-state index is 10.1. The van der Waals surface area contributed by atoms with E-state index >= 15 is 0 Å². The summed E-state index contributed by atoms with van der Waals surface area (Å²) in [7, 11) is 0. The first kappa shape index (κ1) is 14.1. The fourth-order valence-corrected chi connectivity index (χ4v) is 5.45. The van der Waals surface area contributed by atoms with E-state index in [1.54, 1.807) is 0 Å². The second-order valence-electron chi connectivity index (χ2n) is 4.72. The molecule has 1 fully saturated rings. The van der Waals surface area contributed by atoms with E-state index in [9.17, 15) is 5.11 Å². The van der Waals surface area contributed by atoms with Crippen LogP contribution in [0.25, 0.3) is 0 Å². The number of rotatable bonds is 5. The molecule has 0 aliphatic carbocycles. The van der Waals surface area contributed by atoms with Crippen molar-refractivity contribution < 1.29 is 9.84 Å². The van der Waals surface area contributed by atoms with Gasteiger partial charge in [0.15, 0.2) is 0 Å². The van der Waals surface area contributed by atoms with Crippen LogP contribution in [0.5, 0.6) is 0 Å². The number of hydrogen-bond donors (Lipinski definition) is 1. The quantitative estimate of drug-likeness (QED) is 0.846. The summed E-state index contributed by atoms with van der Waals surface area (Å²) in [5.74, 6) is 0. The first-order valence-corrected chi connectivity index (χ1v) is 8.66. The van der Waals surface area contributed by atoms with Crippen molar-refractivity contribution in [1.29, 1.82) is 0 Å². The summed E-state index contributed by atoms with van der Waals surface area (Å²) in [6.45, 7) is 5.14. The zero-order chi connectivity index (χ0) is 13.0. The molecule has 0 bridgehead atoms. The van der Waals surface area contributed by atoms with Crippen LogP contribution in [0.1, 0.15) is 44.8 Å². The number of aliphatic hydroxyl groups excluding tert-OH is 1. The Balaban J connectivity index is 2.13. The van der Waals surface area contributed by atoms with Gasteiger partial charge in [0.2, 0.25) is 0 Å². The molecule has 0 spiro atoms. The predicted molar refractivity (Wildman–Crippen MR) is 75.5 cm³/mol. The molecule has 0 radical (unpaired) electrons. The first-order chi connectivity index (χ1) is 8.76. The summed E-state index contributed by atoms with van der Waals surface area (Å²) in [5, 5.41) is 10.1. The average molecular weight is 313 g/mol. The molecule has 3 atom stereocenters. The molecule has 2 unspecified atom stereocenters. The van der Waals surface area contributed by atoms with Gasteiger partial charge in [-0.05, 0) is 0 Å². The van der Waals surface area contributed by atoms with Crippen molar-refractivity contribution in [3.63, 3.8) is 0 Å². The molecule has 1 aliphatic heterocycles. The van der Waals surface area contributed by atoms with Crippen LogP contribution in [0.15, 0.2) is 24.3 Å². The Morgan fingerprint density at radius 3 is 2.89 bits per heavy atom. The molecule has 2 rings (SSSR count). The molecule has 0 amide bonds. The Labute approximate surface area is 116 Å². The summed E-state index contributed by atoms with van der Waals surface area (Å²) in [5.41, 5.74) is 1.13. The van der Waals surface area contributed by atoms with E-state index in [1.807, 2.05) is 13.0 Å². The number of benzene rings is 1. The molecule has 18 heavy (non-hydrogen) atoms. The molecule has 0 aromatic heterocycles. The number of aliphatic hydroxyl groups is 1. The van der Waals surface area contributed by atoms with Crippen LogP contribution in [-0.2, 0) is 4.74 Å². The zero-order valence-corrected chi connectivity index (χ0v) is 12.8. The fraction of sp³-hybridized carbons (Fsp3) is 0.600. The third-order valence-corrected chi connectivity index (χ3v) is 6.57. The standard InChI is InChI=1S/C15H22O2Se/c1-3-12(16)11-7-5-6-8-14(11)18-15-9-10-17-13(15)4-2/h5-8,12-13,15-16H,3-4,9-10H2,1-2H3/t12-,13?,15?/m0/s1. The summed E-state index contributed by atoms with van der Waals surface area (Å²) in [6, 6.07) is 8.36. The van der Waals surface area contributed by atoms with E-state index in [0.29, 0.717) is 25.9 Å². The monoisotopic (exact) mass is 314 g/mol. The van der Waals surface area contributed by atoms with E-state index in [-0.39, 0.29) is 6.10 Å². The summed E-state index contributed by atoms with van der Waals surface area (Å²) in [6.07, 6.45) is 3.17. The van der Waals surface area contributed by atoms with Gasteiger partial charge in [-0.3, -0.25) is 0 Å². The molecule has 1 aromatic carbocycles. The van der Waals surface area contributed by atoms with E-state index in [0.717, 1.165) is 25.0 Å². The Kier molecular flexibility index (Phi) is 5.25. The van der Waals surface area contributed by atoms with Crippen LogP contribution in [0.2, 0.25) is 4.82 Å². The van der Waals surface area contributed by atoms with Gasteiger partial charge in [-0.1, -0.05) is 0 Å². The van der Waals surface area contributed by atoms with Crippen molar-refractivity contribution in [1.82, 2.24) is 0 Å². The van der Waals surface area contributed by atoms with Crippen LogP contribution < -0.4 is 4.46 Å². The van der Waals surface area contributed by atoms with Gasteiger partial charge in [-0.15, -0.1) is 0 Å². The molecule has 1 saturated heterocycles. The topological polar surface area (TPSA) is 29.5 Å². The SMILES string of the molecule is CCC1OCCC1[Se]c1ccccc1[C@@H](O)CC. The van der Waals surface area contributed by atoms with Crippen molar-refractivity contribution in [2.75, 3.05) is 6.61 Å². The van der Waals surface area contributed by atoms with Crippen molar-refractivity contribution in [2.45, 2.75) is 50.1 Å². The van der Waals surface area contributed by atoms with Gasteiger partial charge in [0.25, 0.3) is 0 Å². The number of hydrogen-bond acceptors (Lipinski definition) is 2. The van der Waals surface area contributed by atoms with Gasteiger partial charge in [0.05, 0.1) is 0 Å². The van der Waals surface area contributed by atoms with Gasteiger partial charge in [0, 0.05) is 0 Å². The van der Waals surface area contributed by atoms with Gasteiger partial charge < -0.3 is 0 Å². The molecule has 100 valence electrons. The predicted octanol–water partition coefficient (Wildman–Crippen LogP) is 2.45. The van der Waals surface area contributed by atoms with Gasteiger partial charge >= 0.3 is 116 Å². The van der Waals surface area contributed by atoms with E-state index in [4.69, 9.17) is 4.74 Å². The number of ether oxygens (including phenoxy) is 1. The van der Waals surface area contributed by atoms with Crippen molar-refractivity contribution in [2.24, 2.45) is 0 Å². The molecular formula is C15H22O2Se. The van der Waals surface area contributed by atoms with Gasteiger partial charge in [-0.2, -0.15) is 0 Å². The zero-order valence-electron chi connectivity index (χ0n) is 11.1. The first-order valence-electron chi connectivity index (χ1n) is 6.81. The molecule has 1 heterocycles. The van der Waals surface area contributed by atoms with Crippen LogP contribution in [0.4, 0.5) is 0 Å². The van der Waals surface area contributed by atoms with E-state index < -0.39 is 0 Å². The Morgan fingerprint density at radius 2 is 2.17 bits per heavy atom. The fourth-order valence-electron chi connectivity index (χ4n) is 2.39. The van der Waals surface area contributed by atoms with Crippen LogP contribution >= 0.6 is 0 Å². The summed E-state index contributed by atoms with van der Waals surface area (Å²) < 4.78 is 7.12. The average Bonchev–Trinajstić information content (AvgIpc) is 2.86. The van der Waals surface area contributed by atoms with Crippen LogP contribution in [0.3, 0.4) is 0 Å². The van der Waals surface area contributed by atoms with Gasteiger partial charge in [-0.25, -0.2) is 0 Å². The molecule has 0 saturated carbocycles. The van der Waals surface area contributed by atoms with E-state index in [2.05, 4.69) is 25.1 Å². The second-order valence-corrected chi connectivity index (χ2v) is 7.41. The molecule has 1 aromatic rings. The Hall–Kier alpha value is -0.341. The third-order valence-electron chi connectivity index (χ3n) is 3.49. The summed E-state index contributed by atoms with van der Waals surface area (Å²) in [4.78, 5) is 0.674. The molecular weight excluding hydrogens is 291 g/mol. The molecule has 3 heteroatoms. The normalized spacial score (nSPS) is 25.3. The third kappa shape index (κ3) is 3.15. The summed E-state index contributed by atoms with van der Waals surface area (Å²) >= 11 is 0.407. The van der Waals surface area contributed by atoms with Crippen molar-refractivity contribution >= 4 is 19.4 Å². The minimum atomic E-state index is -0.314. The Morgan fingerprint density at radius 1 is 1.39 bits per heavy atom. The van der Waals surface area contributed by atoms with Crippen molar-refractivity contribution in [3.8, 4) is 0 Å². The Bertz CT molecular complexity index is 381. The van der Waals surface area contributed by atoms with Gasteiger partial charge in [0.1, 0.15) is 0 Å². The van der Waals surface area contributed by atoms with Crippen LogP contribution in [0, 0.1) is 0 Å². The minimum absolute atomic E-state index is 0.314. The molecule has 1 aliphatic rings. The van der Waals surface area contributed by atoms with Crippen LogP contribution in [-0.4, -0.2) is 32.8 Å². The van der Waals surface area contributed by atoms with Crippen molar-refractivity contribution in [3.05, 3.63) is 29.8 Å². The second kappa shape index (κ2) is 6.72. The maximum absolute atomic E-state index is 10.1.